The Morgan fingerprint density at radius 1 is 0.867 bits per heavy atom. The number of hydrogen-bond donors (Lipinski definition) is 2. The summed E-state index contributed by atoms with van der Waals surface area (Å²) in [6, 6.07) is 0. The number of hydrogen-bond acceptors (Lipinski definition) is 3. The fourth-order valence-electron chi connectivity index (χ4n) is 2.49. The number of fused-ring (bicyclic) bond motifs is 4. The molecule has 2 bridgehead atoms. The molecule has 2 aliphatic heterocycles. The van der Waals surface area contributed by atoms with Crippen LogP contribution in [0.1, 0.15) is 25.7 Å². The van der Waals surface area contributed by atoms with Crippen molar-refractivity contribution in [3.8, 4) is 0 Å². The van der Waals surface area contributed by atoms with Crippen LogP contribution in [0.25, 0.3) is 0 Å². The Morgan fingerprint density at radius 3 is 1.47 bits per heavy atom. The molecule has 3 rings (SSSR count). The molecule has 3 aliphatic rings. The van der Waals surface area contributed by atoms with E-state index in [2.05, 4.69) is 0 Å². The molecule has 5 heteroatoms. The van der Waals surface area contributed by atoms with Crippen LogP contribution in [-0.2, 0) is 14.3 Å². The van der Waals surface area contributed by atoms with Gasteiger partial charge in [0, 0.05) is 0 Å². The van der Waals surface area contributed by atoms with E-state index in [9.17, 15) is 9.59 Å². The number of carbonyl (C=O) groups is 2. The van der Waals surface area contributed by atoms with E-state index in [1.54, 1.807) is 0 Å². The molecule has 0 radical (unpaired) electrons. The van der Waals surface area contributed by atoms with Crippen LogP contribution in [0.4, 0.5) is 0 Å². The van der Waals surface area contributed by atoms with Gasteiger partial charge in [-0.05, 0) is 25.7 Å². The lowest BCUT2D eigenvalue weighted by Gasteiger charge is -2.36. The fourth-order valence-corrected chi connectivity index (χ4v) is 2.49. The van der Waals surface area contributed by atoms with Crippen molar-refractivity contribution < 1.29 is 24.5 Å². The Bertz CT molecular complexity index is 271. The molecule has 0 unspecified atom stereocenters. The molecule has 84 valence electrons. The van der Waals surface area contributed by atoms with Gasteiger partial charge in [0.25, 0.3) is 0 Å². The van der Waals surface area contributed by atoms with Crippen LogP contribution in [-0.4, -0.2) is 35.4 Å². The summed E-state index contributed by atoms with van der Waals surface area (Å²) in [5, 5.41) is 18.3. The molecule has 1 aliphatic carbocycles. The average molecular weight is 214 g/mol. The molecule has 2 saturated heterocycles. The van der Waals surface area contributed by atoms with E-state index < -0.39 is 22.8 Å². The van der Waals surface area contributed by atoms with Gasteiger partial charge in [-0.3, -0.25) is 9.59 Å². The number of carboxylic acids is 2. The van der Waals surface area contributed by atoms with Crippen molar-refractivity contribution in [2.24, 2.45) is 10.8 Å². The second-order valence-corrected chi connectivity index (χ2v) is 4.66. The number of carboxylic acid groups (broad SMARTS) is 2. The third-order valence-electron chi connectivity index (χ3n) is 3.83. The zero-order chi connectivity index (χ0) is 11.1. The van der Waals surface area contributed by atoms with Crippen LogP contribution < -0.4 is 0 Å². The predicted molar refractivity (Wildman–Crippen MR) is 49.4 cm³/mol. The second-order valence-electron chi connectivity index (χ2n) is 4.66. The highest BCUT2D eigenvalue weighted by molar-refractivity contribution is 5.78. The summed E-state index contributed by atoms with van der Waals surface area (Å²) in [5.74, 6) is -1.72. The molecular weight excluding hydrogens is 200 g/mol. The van der Waals surface area contributed by atoms with Gasteiger partial charge >= 0.3 is 11.9 Å². The quantitative estimate of drug-likeness (QED) is 0.708. The van der Waals surface area contributed by atoms with Crippen molar-refractivity contribution in [3.05, 3.63) is 0 Å². The Balaban J connectivity index is 2.26. The molecule has 15 heavy (non-hydrogen) atoms. The van der Waals surface area contributed by atoms with Crippen LogP contribution in [0.3, 0.4) is 0 Å². The smallest absolute Gasteiger partial charge is 0.311 e. The van der Waals surface area contributed by atoms with E-state index in [-0.39, 0.29) is 13.2 Å². The standard InChI is InChI=1S/C10H14O5/c11-7(12)9-1-2-10(4-3-9,8(13)14)6-15-5-9/h1-6H2,(H,11,12)(H,13,14). The largest absolute Gasteiger partial charge is 0.481 e. The van der Waals surface area contributed by atoms with Gasteiger partial charge in [0.15, 0.2) is 0 Å². The maximum Gasteiger partial charge on any atom is 0.311 e. The lowest BCUT2D eigenvalue weighted by molar-refractivity contribution is -0.157. The Kier molecular flexibility index (Phi) is 2.22. The first kappa shape index (κ1) is 10.4. The topological polar surface area (TPSA) is 83.8 Å². The molecule has 0 amide bonds. The van der Waals surface area contributed by atoms with E-state index in [1.165, 1.54) is 0 Å². The molecule has 2 N–H and O–H groups in total. The van der Waals surface area contributed by atoms with Gasteiger partial charge in [0.05, 0.1) is 24.0 Å². The summed E-state index contributed by atoms with van der Waals surface area (Å²) >= 11 is 0. The summed E-state index contributed by atoms with van der Waals surface area (Å²) in [6.07, 6.45) is 1.65. The number of aliphatic carboxylic acids is 2. The molecule has 0 aromatic carbocycles. The summed E-state index contributed by atoms with van der Waals surface area (Å²) < 4.78 is 5.25. The van der Waals surface area contributed by atoms with Crippen molar-refractivity contribution in [1.82, 2.24) is 0 Å². The van der Waals surface area contributed by atoms with Gasteiger partial charge in [0.2, 0.25) is 0 Å². The Labute approximate surface area is 87.0 Å². The molecule has 2 heterocycles. The minimum atomic E-state index is -0.858. The average Bonchev–Trinajstić information content (AvgIpc) is 2.49. The van der Waals surface area contributed by atoms with Crippen LogP contribution in [0, 0.1) is 10.8 Å². The van der Waals surface area contributed by atoms with Gasteiger partial charge in [-0.25, -0.2) is 0 Å². The lowest BCUT2D eigenvalue weighted by atomic mass is 9.65. The SMILES string of the molecule is O=C(O)C12CCC(C(=O)O)(CC1)COC2. The maximum absolute atomic E-state index is 11.1. The molecule has 0 atom stereocenters. The Hall–Kier alpha value is -1.10. The van der Waals surface area contributed by atoms with E-state index in [1.807, 2.05) is 0 Å². The number of ether oxygens (including phenoxy) is 1. The molecule has 3 fully saturated rings. The fraction of sp³-hybridized carbons (Fsp3) is 0.800. The van der Waals surface area contributed by atoms with E-state index >= 15 is 0 Å². The van der Waals surface area contributed by atoms with Gasteiger partial charge in [-0.1, -0.05) is 0 Å². The third-order valence-corrected chi connectivity index (χ3v) is 3.83. The van der Waals surface area contributed by atoms with Crippen LogP contribution in [0.2, 0.25) is 0 Å². The predicted octanol–water partition coefficient (Wildman–Crippen LogP) is 0.733. The van der Waals surface area contributed by atoms with Crippen molar-refractivity contribution >= 4 is 11.9 Å². The zero-order valence-corrected chi connectivity index (χ0v) is 8.36. The highest BCUT2D eigenvalue weighted by atomic mass is 16.5. The molecular formula is C10H14O5. The van der Waals surface area contributed by atoms with Gasteiger partial charge in [-0.2, -0.15) is 0 Å². The minimum absolute atomic E-state index is 0.150. The summed E-state index contributed by atoms with van der Waals surface area (Å²) in [5.41, 5.74) is -1.68. The van der Waals surface area contributed by atoms with Gasteiger partial charge in [-0.15, -0.1) is 0 Å². The summed E-state index contributed by atoms with van der Waals surface area (Å²) in [7, 11) is 0. The van der Waals surface area contributed by atoms with Crippen LogP contribution >= 0.6 is 0 Å². The highest BCUT2D eigenvalue weighted by Crippen LogP contribution is 2.49. The van der Waals surface area contributed by atoms with Crippen LogP contribution in [0.15, 0.2) is 0 Å². The molecule has 0 aromatic heterocycles. The van der Waals surface area contributed by atoms with Crippen molar-refractivity contribution in [2.75, 3.05) is 13.2 Å². The maximum atomic E-state index is 11.1. The third kappa shape index (κ3) is 1.42. The second kappa shape index (κ2) is 3.20. The van der Waals surface area contributed by atoms with Gasteiger partial charge in [0.1, 0.15) is 0 Å². The van der Waals surface area contributed by atoms with Crippen molar-refractivity contribution in [3.63, 3.8) is 0 Å². The van der Waals surface area contributed by atoms with E-state index in [0.29, 0.717) is 25.7 Å². The highest BCUT2D eigenvalue weighted by Gasteiger charge is 2.53. The first-order chi connectivity index (χ1) is 7.01. The summed E-state index contributed by atoms with van der Waals surface area (Å²) in [4.78, 5) is 22.3. The number of rotatable bonds is 2. The minimum Gasteiger partial charge on any atom is -0.481 e. The van der Waals surface area contributed by atoms with Crippen LogP contribution in [0.5, 0.6) is 0 Å². The van der Waals surface area contributed by atoms with Gasteiger partial charge < -0.3 is 14.9 Å². The molecule has 0 aromatic rings. The molecule has 1 saturated carbocycles. The lowest BCUT2D eigenvalue weighted by Crippen LogP contribution is -2.42. The van der Waals surface area contributed by atoms with E-state index in [0.717, 1.165) is 0 Å². The Morgan fingerprint density at radius 2 is 1.20 bits per heavy atom. The first-order valence-corrected chi connectivity index (χ1v) is 5.05. The summed E-state index contributed by atoms with van der Waals surface area (Å²) in [6.45, 7) is 0.300. The van der Waals surface area contributed by atoms with Crippen molar-refractivity contribution in [2.45, 2.75) is 25.7 Å². The zero-order valence-electron chi connectivity index (χ0n) is 8.36. The van der Waals surface area contributed by atoms with Crippen molar-refractivity contribution in [1.29, 1.82) is 0 Å². The molecule has 0 spiro atoms. The monoisotopic (exact) mass is 214 g/mol. The van der Waals surface area contributed by atoms with E-state index in [4.69, 9.17) is 14.9 Å². The first-order valence-electron chi connectivity index (χ1n) is 5.05. The molecule has 5 nitrogen and oxygen atoms in total. The normalized spacial score (nSPS) is 39.7.